The molecule has 2 unspecified atom stereocenters. The van der Waals surface area contributed by atoms with E-state index in [9.17, 15) is 4.39 Å². The maximum atomic E-state index is 13.7. The molecule has 2 atom stereocenters. The third-order valence-electron chi connectivity index (χ3n) is 3.98. The van der Waals surface area contributed by atoms with Crippen molar-refractivity contribution in [3.05, 3.63) is 34.1 Å². The predicted molar refractivity (Wildman–Crippen MR) is 81.5 cm³/mol. The maximum Gasteiger partial charge on any atom is 0.127 e. The Kier molecular flexibility index (Phi) is 4.67. The van der Waals surface area contributed by atoms with Crippen molar-refractivity contribution in [1.82, 2.24) is 5.32 Å². The number of nitrogens with one attached hydrogen (secondary N) is 1. The van der Waals surface area contributed by atoms with Crippen LogP contribution in [0.25, 0.3) is 0 Å². The highest BCUT2D eigenvalue weighted by molar-refractivity contribution is 9.10. The smallest absolute Gasteiger partial charge is 0.127 e. The summed E-state index contributed by atoms with van der Waals surface area (Å²) in [5.74, 6) is 0.618. The Bertz CT molecular complexity index is 444. The molecule has 0 saturated heterocycles. The van der Waals surface area contributed by atoms with Gasteiger partial charge in [-0.15, -0.1) is 0 Å². The first-order valence-electron chi connectivity index (χ1n) is 7.03. The van der Waals surface area contributed by atoms with Gasteiger partial charge in [0.2, 0.25) is 0 Å². The highest BCUT2D eigenvalue weighted by Crippen LogP contribution is 2.38. The van der Waals surface area contributed by atoms with E-state index in [0.717, 1.165) is 16.0 Å². The van der Waals surface area contributed by atoms with E-state index in [-0.39, 0.29) is 5.82 Å². The second-order valence-electron chi connectivity index (χ2n) is 6.73. The SMILES string of the molecule is CC1CC(NCc2cc(Br)ccc2F)CC(C)(C)C1. The van der Waals surface area contributed by atoms with Crippen LogP contribution in [-0.4, -0.2) is 6.04 Å². The Balaban J connectivity index is 1.96. The molecule has 0 heterocycles. The van der Waals surface area contributed by atoms with Crippen LogP contribution in [0.3, 0.4) is 0 Å². The summed E-state index contributed by atoms with van der Waals surface area (Å²) in [6, 6.07) is 5.62. The average Bonchev–Trinajstić information content (AvgIpc) is 2.28. The first-order chi connectivity index (χ1) is 8.85. The van der Waals surface area contributed by atoms with Crippen molar-refractivity contribution in [2.24, 2.45) is 11.3 Å². The van der Waals surface area contributed by atoms with Gasteiger partial charge in [0.25, 0.3) is 0 Å². The largest absolute Gasteiger partial charge is 0.310 e. The van der Waals surface area contributed by atoms with Crippen molar-refractivity contribution < 1.29 is 4.39 Å². The van der Waals surface area contributed by atoms with Crippen molar-refractivity contribution in [2.75, 3.05) is 0 Å². The molecule has 1 aromatic carbocycles. The fraction of sp³-hybridized carbons (Fsp3) is 0.625. The van der Waals surface area contributed by atoms with Crippen LogP contribution in [0.1, 0.15) is 45.6 Å². The zero-order chi connectivity index (χ0) is 14.0. The van der Waals surface area contributed by atoms with Crippen LogP contribution < -0.4 is 5.32 Å². The monoisotopic (exact) mass is 327 g/mol. The third-order valence-corrected chi connectivity index (χ3v) is 4.47. The molecule has 1 fully saturated rings. The minimum Gasteiger partial charge on any atom is -0.310 e. The standard InChI is InChI=1S/C16H23BrFN/c1-11-6-14(9-16(2,3)8-11)19-10-12-7-13(17)4-5-15(12)18/h4-5,7,11,14,19H,6,8-10H2,1-3H3. The lowest BCUT2D eigenvalue weighted by Gasteiger charge is -2.39. The van der Waals surface area contributed by atoms with Gasteiger partial charge in [-0.1, -0.05) is 36.7 Å². The van der Waals surface area contributed by atoms with Crippen molar-refractivity contribution in [3.8, 4) is 0 Å². The lowest BCUT2D eigenvalue weighted by atomic mass is 9.70. The van der Waals surface area contributed by atoms with Gasteiger partial charge in [0.1, 0.15) is 5.82 Å². The van der Waals surface area contributed by atoms with Crippen molar-refractivity contribution >= 4 is 15.9 Å². The van der Waals surface area contributed by atoms with E-state index < -0.39 is 0 Å². The van der Waals surface area contributed by atoms with E-state index in [2.05, 4.69) is 42.0 Å². The summed E-state index contributed by atoms with van der Waals surface area (Å²) in [4.78, 5) is 0. The van der Waals surface area contributed by atoms with Crippen molar-refractivity contribution in [2.45, 2.75) is 52.6 Å². The molecular weight excluding hydrogens is 305 g/mol. The number of hydrogen-bond donors (Lipinski definition) is 1. The third kappa shape index (κ3) is 4.28. The van der Waals surface area contributed by atoms with E-state index in [1.165, 1.54) is 25.3 Å². The predicted octanol–water partition coefficient (Wildman–Crippen LogP) is 4.89. The van der Waals surface area contributed by atoms with E-state index >= 15 is 0 Å². The van der Waals surface area contributed by atoms with Crippen LogP contribution in [0.5, 0.6) is 0 Å². The summed E-state index contributed by atoms with van der Waals surface area (Å²) >= 11 is 3.40. The van der Waals surface area contributed by atoms with E-state index in [0.29, 0.717) is 18.0 Å². The quantitative estimate of drug-likeness (QED) is 0.833. The van der Waals surface area contributed by atoms with Gasteiger partial charge >= 0.3 is 0 Å². The molecule has 0 spiro atoms. The molecule has 19 heavy (non-hydrogen) atoms. The minimum atomic E-state index is -0.126. The van der Waals surface area contributed by atoms with Crippen LogP contribution >= 0.6 is 15.9 Å². The van der Waals surface area contributed by atoms with Crippen LogP contribution in [0.2, 0.25) is 0 Å². The first kappa shape index (κ1) is 15.0. The number of benzene rings is 1. The molecule has 0 aromatic heterocycles. The Morgan fingerprint density at radius 1 is 1.37 bits per heavy atom. The van der Waals surface area contributed by atoms with Gasteiger partial charge in [0.05, 0.1) is 0 Å². The minimum absolute atomic E-state index is 0.126. The van der Waals surface area contributed by atoms with Crippen LogP contribution in [-0.2, 0) is 6.54 Å². The summed E-state index contributed by atoms with van der Waals surface area (Å²) in [7, 11) is 0. The molecule has 1 N–H and O–H groups in total. The van der Waals surface area contributed by atoms with Gasteiger partial charge in [-0.2, -0.15) is 0 Å². The summed E-state index contributed by atoms with van der Waals surface area (Å²) in [5, 5.41) is 3.53. The van der Waals surface area contributed by atoms with E-state index in [4.69, 9.17) is 0 Å². The summed E-state index contributed by atoms with van der Waals surface area (Å²) in [6.07, 6.45) is 3.66. The van der Waals surface area contributed by atoms with Gasteiger partial charge < -0.3 is 5.32 Å². The lowest BCUT2D eigenvalue weighted by molar-refractivity contribution is 0.150. The van der Waals surface area contributed by atoms with Gasteiger partial charge in [0.15, 0.2) is 0 Å². The number of hydrogen-bond acceptors (Lipinski definition) is 1. The van der Waals surface area contributed by atoms with Gasteiger partial charge in [-0.3, -0.25) is 0 Å². The Hall–Kier alpha value is -0.410. The zero-order valence-corrected chi connectivity index (χ0v) is 13.6. The molecule has 1 aliphatic rings. The van der Waals surface area contributed by atoms with Gasteiger partial charge in [-0.25, -0.2) is 4.39 Å². The molecule has 1 aliphatic carbocycles. The Morgan fingerprint density at radius 3 is 2.79 bits per heavy atom. The molecule has 0 radical (unpaired) electrons. The average molecular weight is 328 g/mol. The van der Waals surface area contributed by atoms with Crippen LogP contribution in [0.4, 0.5) is 4.39 Å². The lowest BCUT2D eigenvalue weighted by Crippen LogP contribution is -2.39. The summed E-state index contributed by atoms with van der Waals surface area (Å²) in [6.45, 7) is 7.59. The van der Waals surface area contributed by atoms with Crippen molar-refractivity contribution in [3.63, 3.8) is 0 Å². The summed E-state index contributed by atoms with van der Waals surface area (Å²) in [5.41, 5.74) is 1.14. The zero-order valence-electron chi connectivity index (χ0n) is 12.0. The van der Waals surface area contributed by atoms with E-state index in [1.807, 2.05) is 6.07 Å². The maximum absolute atomic E-state index is 13.7. The Morgan fingerprint density at radius 2 is 2.11 bits per heavy atom. The normalized spacial score (nSPS) is 26.4. The number of halogens is 2. The molecule has 106 valence electrons. The van der Waals surface area contributed by atoms with E-state index in [1.54, 1.807) is 6.07 Å². The second-order valence-corrected chi connectivity index (χ2v) is 7.64. The van der Waals surface area contributed by atoms with Crippen LogP contribution in [0.15, 0.2) is 22.7 Å². The fourth-order valence-corrected chi connectivity index (χ4v) is 3.84. The molecule has 2 rings (SSSR count). The molecular formula is C16H23BrFN. The second kappa shape index (κ2) is 5.92. The molecule has 1 aromatic rings. The Labute approximate surface area is 124 Å². The highest BCUT2D eigenvalue weighted by atomic mass is 79.9. The van der Waals surface area contributed by atoms with Crippen LogP contribution in [0, 0.1) is 17.2 Å². The fourth-order valence-electron chi connectivity index (χ4n) is 3.43. The molecule has 0 amide bonds. The molecule has 1 nitrogen and oxygen atoms in total. The summed E-state index contributed by atoms with van der Waals surface area (Å²) < 4.78 is 14.6. The molecule has 0 bridgehead atoms. The van der Waals surface area contributed by atoms with Crippen molar-refractivity contribution in [1.29, 1.82) is 0 Å². The molecule has 1 saturated carbocycles. The first-order valence-corrected chi connectivity index (χ1v) is 7.82. The molecule has 0 aliphatic heterocycles. The topological polar surface area (TPSA) is 12.0 Å². The van der Waals surface area contributed by atoms with Gasteiger partial charge in [-0.05, 0) is 48.8 Å². The highest BCUT2D eigenvalue weighted by Gasteiger charge is 2.31. The molecule has 3 heteroatoms. The van der Waals surface area contributed by atoms with Gasteiger partial charge in [0, 0.05) is 22.6 Å². The number of rotatable bonds is 3.